The van der Waals surface area contributed by atoms with Gasteiger partial charge in [-0.25, -0.2) is 9.97 Å². The van der Waals surface area contributed by atoms with Crippen LogP contribution in [0.15, 0.2) is 34.9 Å². The number of carbonyl (C=O) groups excluding carboxylic acids is 2. The third-order valence-electron chi connectivity index (χ3n) is 8.31. The normalized spacial score (nSPS) is 23.2. The Hall–Kier alpha value is -3.17. The number of nitrogens with zero attached hydrogens (tertiary/aromatic N) is 4. The van der Waals surface area contributed by atoms with E-state index in [4.69, 9.17) is 25.7 Å². The van der Waals surface area contributed by atoms with Crippen molar-refractivity contribution in [2.75, 3.05) is 6.61 Å². The summed E-state index contributed by atoms with van der Waals surface area (Å²) < 4.78 is 13.3. The first-order valence-electron chi connectivity index (χ1n) is 13.3. The molecule has 4 heterocycles. The Balaban J connectivity index is 1.47. The Labute approximate surface area is 226 Å². The van der Waals surface area contributed by atoms with Crippen LogP contribution in [0.1, 0.15) is 60.5 Å². The van der Waals surface area contributed by atoms with Gasteiger partial charge in [-0.15, -0.1) is 0 Å². The Morgan fingerprint density at radius 1 is 1.18 bits per heavy atom. The number of carbonyl (C=O) groups is 2. The molecule has 0 bridgehead atoms. The Morgan fingerprint density at radius 2 is 1.92 bits per heavy atom. The number of rotatable bonds is 6. The van der Waals surface area contributed by atoms with Crippen LogP contribution in [0.5, 0.6) is 0 Å². The summed E-state index contributed by atoms with van der Waals surface area (Å²) >= 11 is 6.58. The maximum atomic E-state index is 14.6. The molecule has 1 aliphatic carbocycles. The molecule has 1 saturated heterocycles. The fourth-order valence-corrected chi connectivity index (χ4v) is 6.46. The lowest BCUT2D eigenvalue weighted by atomic mass is 9.86. The van der Waals surface area contributed by atoms with Crippen LogP contribution in [-0.4, -0.2) is 49.9 Å². The molecular formula is C28H32ClN5O4. The van der Waals surface area contributed by atoms with E-state index in [0.29, 0.717) is 42.3 Å². The van der Waals surface area contributed by atoms with Gasteiger partial charge < -0.3 is 23.9 Å². The van der Waals surface area contributed by atoms with E-state index in [9.17, 15) is 9.59 Å². The number of hydrogen-bond donors (Lipinski definition) is 1. The van der Waals surface area contributed by atoms with Gasteiger partial charge in [0.2, 0.25) is 11.8 Å². The van der Waals surface area contributed by atoms with Crippen LogP contribution < -0.4 is 5.32 Å². The number of halogens is 1. The van der Waals surface area contributed by atoms with Gasteiger partial charge >= 0.3 is 0 Å². The minimum absolute atomic E-state index is 0.0323. The third kappa shape index (κ3) is 4.12. The summed E-state index contributed by atoms with van der Waals surface area (Å²) in [7, 11) is 0. The maximum Gasteiger partial charge on any atom is 0.247 e. The molecule has 38 heavy (non-hydrogen) atoms. The molecule has 200 valence electrons. The second-order valence-corrected chi connectivity index (χ2v) is 11.0. The van der Waals surface area contributed by atoms with Crippen LogP contribution in [0, 0.1) is 18.8 Å². The van der Waals surface area contributed by atoms with Crippen molar-refractivity contribution in [1.29, 1.82) is 0 Å². The lowest BCUT2D eigenvalue weighted by Crippen LogP contribution is -2.67. The molecule has 4 atom stereocenters. The second kappa shape index (κ2) is 9.85. The number of aryl methyl sites for hydroxylation is 1. The Bertz CT molecular complexity index is 1360. The number of ether oxygens (including phenoxy) is 1. The highest BCUT2D eigenvalue weighted by Crippen LogP contribution is 2.39. The van der Waals surface area contributed by atoms with E-state index in [0.717, 1.165) is 25.0 Å². The van der Waals surface area contributed by atoms with Crippen molar-refractivity contribution < 1.29 is 18.7 Å². The van der Waals surface area contributed by atoms with Crippen molar-refractivity contribution >= 4 is 23.4 Å². The van der Waals surface area contributed by atoms with Gasteiger partial charge in [0.05, 0.1) is 18.9 Å². The van der Waals surface area contributed by atoms with E-state index in [1.165, 1.54) is 11.1 Å². The highest BCUT2D eigenvalue weighted by Gasteiger charge is 2.51. The standard InChI is InChI=1S/C28H32ClN5O4/c1-4-15(2)23-27(35)31-22(19-11-17-7-5-6-8-18(17)12-19)28(36)34(23)24(20-13-38-16(3)30-20)26-32-25(29)21-14-37-10-9-33(21)26/h5-8,13,15,19,22-24H,4,9-12,14H2,1-3H3,(H,31,35)/t15-,22+,23+,24+/m0/s1. The summed E-state index contributed by atoms with van der Waals surface area (Å²) in [5, 5.41) is 3.46. The number of oxazole rings is 1. The van der Waals surface area contributed by atoms with E-state index < -0.39 is 18.1 Å². The number of benzene rings is 1. The summed E-state index contributed by atoms with van der Waals surface area (Å²) in [6, 6.07) is 6.16. The summed E-state index contributed by atoms with van der Waals surface area (Å²) in [6.07, 6.45) is 3.76. The molecule has 1 N–H and O–H groups in total. The third-order valence-corrected chi connectivity index (χ3v) is 8.62. The van der Waals surface area contributed by atoms with Crippen LogP contribution in [0.25, 0.3) is 0 Å². The highest BCUT2D eigenvalue weighted by atomic mass is 35.5. The number of amides is 2. The molecule has 10 heteroatoms. The second-order valence-electron chi connectivity index (χ2n) is 10.6. The van der Waals surface area contributed by atoms with Crippen LogP contribution >= 0.6 is 11.6 Å². The molecule has 3 aliphatic rings. The number of fused-ring (bicyclic) bond motifs is 2. The van der Waals surface area contributed by atoms with E-state index in [1.54, 1.807) is 18.1 Å². The maximum absolute atomic E-state index is 14.6. The van der Waals surface area contributed by atoms with Crippen molar-refractivity contribution in [2.45, 2.75) is 71.3 Å². The number of imidazole rings is 1. The molecule has 0 saturated carbocycles. The summed E-state index contributed by atoms with van der Waals surface area (Å²) in [5.41, 5.74) is 3.75. The summed E-state index contributed by atoms with van der Waals surface area (Å²) in [5.74, 6) is 0.651. The molecule has 2 aliphatic heterocycles. The largest absolute Gasteiger partial charge is 0.449 e. The van der Waals surface area contributed by atoms with Gasteiger partial charge in [-0.1, -0.05) is 56.1 Å². The van der Waals surface area contributed by atoms with Gasteiger partial charge in [0.25, 0.3) is 0 Å². The van der Waals surface area contributed by atoms with Gasteiger partial charge in [0.1, 0.15) is 35.9 Å². The minimum Gasteiger partial charge on any atom is -0.449 e. The Kier molecular flexibility index (Phi) is 6.52. The first-order chi connectivity index (χ1) is 18.4. The molecule has 0 radical (unpaired) electrons. The van der Waals surface area contributed by atoms with Gasteiger partial charge in [-0.05, 0) is 35.8 Å². The Morgan fingerprint density at radius 3 is 2.58 bits per heavy atom. The van der Waals surface area contributed by atoms with E-state index >= 15 is 0 Å². The molecule has 6 rings (SSSR count). The molecular weight excluding hydrogens is 506 g/mol. The number of aromatic nitrogens is 3. The first kappa shape index (κ1) is 25.1. The van der Waals surface area contributed by atoms with E-state index in [1.807, 2.05) is 30.5 Å². The van der Waals surface area contributed by atoms with Gasteiger partial charge in [0, 0.05) is 13.5 Å². The number of piperazine rings is 1. The predicted octanol–water partition coefficient (Wildman–Crippen LogP) is 3.61. The topological polar surface area (TPSA) is 102 Å². The zero-order valence-electron chi connectivity index (χ0n) is 21.8. The van der Waals surface area contributed by atoms with Gasteiger partial charge in [-0.2, -0.15) is 0 Å². The zero-order valence-corrected chi connectivity index (χ0v) is 22.6. The predicted molar refractivity (Wildman–Crippen MR) is 139 cm³/mol. The smallest absolute Gasteiger partial charge is 0.247 e. The molecule has 0 unspecified atom stereocenters. The van der Waals surface area contributed by atoms with E-state index in [-0.39, 0.29) is 23.7 Å². The molecule has 2 aromatic heterocycles. The molecule has 0 spiro atoms. The van der Waals surface area contributed by atoms with Crippen molar-refractivity contribution in [1.82, 2.24) is 24.8 Å². The van der Waals surface area contributed by atoms with Gasteiger partial charge in [-0.3, -0.25) is 9.59 Å². The molecule has 3 aromatic rings. The van der Waals surface area contributed by atoms with Crippen LogP contribution in [0.2, 0.25) is 5.15 Å². The van der Waals surface area contributed by atoms with Crippen molar-refractivity contribution in [3.05, 3.63) is 69.9 Å². The molecule has 1 aromatic carbocycles. The quantitative estimate of drug-likeness (QED) is 0.515. The highest BCUT2D eigenvalue weighted by molar-refractivity contribution is 6.30. The summed E-state index contributed by atoms with van der Waals surface area (Å²) in [4.78, 5) is 39.5. The van der Waals surface area contributed by atoms with E-state index in [2.05, 4.69) is 22.4 Å². The lowest BCUT2D eigenvalue weighted by molar-refractivity contribution is -0.155. The number of hydrogen-bond acceptors (Lipinski definition) is 6. The van der Waals surface area contributed by atoms with Gasteiger partial charge in [0.15, 0.2) is 11.0 Å². The van der Waals surface area contributed by atoms with Crippen molar-refractivity contribution in [3.63, 3.8) is 0 Å². The first-order valence-corrected chi connectivity index (χ1v) is 13.7. The van der Waals surface area contributed by atoms with Crippen LogP contribution in [0.3, 0.4) is 0 Å². The molecule has 1 fully saturated rings. The molecule has 2 amide bonds. The minimum atomic E-state index is -0.736. The zero-order chi connectivity index (χ0) is 26.6. The SMILES string of the molecule is CC[C@H](C)[C@@H]1C(=O)N[C@H](C2Cc3ccccc3C2)C(=O)N1[C@H](c1coc(C)n1)c1nc(Cl)c2n1CCOC2. The fourth-order valence-electron chi connectivity index (χ4n) is 6.22. The monoisotopic (exact) mass is 537 g/mol. The summed E-state index contributed by atoms with van der Waals surface area (Å²) in [6.45, 7) is 7.18. The van der Waals surface area contributed by atoms with Crippen molar-refractivity contribution in [2.24, 2.45) is 11.8 Å². The van der Waals surface area contributed by atoms with Crippen LogP contribution in [-0.2, 0) is 40.3 Å². The number of nitrogens with one attached hydrogen (secondary N) is 1. The fraction of sp³-hybridized carbons (Fsp3) is 0.500. The average Bonchev–Trinajstić information content (AvgIpc) is 3.63. The lowest BCUT2D eigenvalue weighted by Gasteiger charge is -2.46. The molecule has 9 nitrogen and oxygen atoms in total. The van der Waals surface area contributed by atoms with Crippen molar-refractivity contribution in [3.8, 4) is 0 Å². The average molecular weight is 538 g/mol. The van der Waals surface area contributed by atoms with Crippen LogP contribution in [0.4, 0.5) is 0 Å².